The Morgan fingerprint density at radius 2 is 2.04 bits per heavy atom. The van der Waals surface area contributed by atoms with Gasteiger partial charge in [0.15, 0.2) is 6.10 Å². The number of halogens is 2. The zero-order chi connectivity index (χ0) is 16.8. The van der Waals surface area contributed by atoms with Crippen LogP contribution in [0.5, 0.6) is 0 Å². The molecule has 1 amide bonds. The largest absolute Gasteiger partial charge is 0.479 e. The van der Waals surface area contributed by atoms with Gasteiger partial charge in [0.2, 0.25) is 5.91 Å². The number of hydrogen-bond donors (Lipinski definition) is 2. The van der Waals surface area contributed by atoms with E-state index in [0.717, 1.165) is 5.56 Å². The van der Waals surface area contributed by atoms with Crippen LogP contribution in [-0.4, -0.2) is 42.3 Å². The van der Waals surface area contributed by atoms with Crippen molar-refractivity contribution in [1.82, 2.24) is 5.32 Å². The van der Waals surface area contributed by atoms with Crippen molar-refractivity contribution in [2.75, 3.05) is 13.2 Å². The Kier molecular flexibility index (Phi) is 6.65. The summed E-state index contributed by atoms with van der Waals surface area (Å²) in [6.07, 6.45) is -0.848. The van der Waals surface area contributed by atoms with Gasteiger partial charge in [0.25, 0.3) is 0 Å². The molecule has 1 heterocycles. The molecule has 2 rings (SSSR count). The van der Waals surface area contributed by atoms with Crippen LogP contribution in [0.1, 0.15) is 18.4 Å². The molecule has 1 aromatic rings. The summed E-state index contributed by atoms with van der Waals surface area (Å²) in [5.74, 6) is -1.36. The number of carboxylic acid groups (broad SMARTS) is 1. The lowest BCUT2D eigenvalue weighted by Gasteiger charge is -2.12. The summed E-state index contributed by atoms with van der Waals surface area (Å²) < 4.78 is 10.6. The van der Waals surface area contributed by atoms with Crippen molar-refractivity contribution in [3.8, 4) is 0 Å². The molecule has 126 valence electrons. The number of ether oxygens (including phenoxy) is 2. The van der Waals surface area contributed by atoms with Gasteiger partial charge in [-0.15, -0.1) is 0 Å². The molecular weight excluding hydrogens is 345 g/mol. The van der Waals surface area contributed by atoms with E-state index in [1.165, 1.54) is 0 Å². The smallest absolute Gasteiger partial charge is 0.332 e. The van der Waals surface area contributed by atoms with Gasteiger partial charge in [-0.05, 0) is 30.5 Å². The minimum Gasteiger partial charge on any atom is -0.479 e. The van der Waals surface area contributed by atoms with Crippen LogP contribution in [0.15, 0.2) is 18.2 Å². The van der Waals surface area contributed by atoms with Gasteiger partial charge in [-0.3, -0.25) is 4.79 Å². The molecule has 1 aliphatic heterocycles. The number of hydrogen-bond acceptors (Lipinski definition) is 4. The van der Waals surface area contributed by atoms with Crippen LogP contribution < -0.4 is 5.32 Å². The molecule has 0 spiro atoms. The quantitative estimate of drug-likeness (QED) is 0.727. The standard InChI is InChI=1S/C15H17Cl2NO5/c16-10-2-1-9(11(17)7-10)8-22-6-5-18-14(19)12-3-4-13(23-12)15(20)21/h1-2,7,12-13H,3-6,8H2,(H,18,19)(H,20,21)/t12-,13+/m0/s1. The number of carbonyl (C=O) groups excluding carboxylic acids is 1. The molecule has 1 fully saturated rings. The Morgan fingerprint density at radius 1 is 1.30 bits per heavy atom. The third-order valence-corrected chi connectivity index (χ3v) is 3.99. The molecule has 6 nitrogen and oxygen atoms in total. The van der Waals surface area contributed by atoms with Crippen molar-refractivity contribution in [2.24, 2.45) is 0 Å². The van der Waals surface area contributed by atoms with Crippen molar-refractivity contribution in [2.45, 2.75) is 31.7 Å². The predicted octanol–water partition coefficient (Wildman–Crippen LogP) is 2.26. The van der Waals surface area contributed by atoms with Crippen LogP contribution in [0.2, 0.25) is 10.0 Å². The van der Waals surface area contributed by atoms with Gasteiger partial charge in [-0.1, -0.05) is 29.3 Å². The number of aliphatic carboxylic acids is 1. The summed E-state index contributed by atoms with van der Waals surface area (Å²) >= 11 is 11.8. The summed E-state index contributed by atoms with van der Waals surface area (Å²) in [7, 11) is 0. The molecule has 2 atom stereocenters. The first kappa shape index (κ1) is 18.0. The van der Waals surface area contributed by atoms with Gasteiger partial charge in [0.1, 0.15) is 6.10 Å². The lowest BCUT2D eigenvalue weighted by Crippen LogP contribution is -2.37. The highest BCUT2D eigenvalue weighted by Crippen LogP contribution is 2.21. The van der Waals surface area contributed by atoms with Crippen LogP contribution in [-0.2, 0) is 25.7 Å². The molecule has 0 aliphatic carbocycles. The zero-order valence-corrected chi connectivity index (χ0v) is 13.8. The number of rotatable bonds is 7. The third kappa shape index (κ3) is 5.35. The summed E-state index contributed by atoms with van der Waals surface area (Å²) in [5, 5.41) is 12.6. The SMILES string of the molecule is O=C(NCCOCc1ccc(Cl)cc1Cl)[C@@H]1CC[C@H](C(=O)O)O1. The predicted molar refractivity (Wildman–Crippen MR) is 84.7 cm³/mol. The number of nitrogens with one attached hydrogen (secondary N) is 1. The average molecular weight is 362 g/mol. The van der Waals surface area contributed by atoms with Crippen LogP contribution >= 0.6 is 23.2 Å². The summed E-state index contributed by atoms with van der Waals surface area (Å²) in [6, 6.07) is 5.14. The number of carbonyl (C=O) groups is 2. The fourth-order valence-corrected chi connectivity index (χ4v) is 2.66. The van der Waals surface area contributed by atoms with Gasteiger partial charge in [-0.25, -0.2) is 4.79 Å². The Hall–Kier alpha value is -1.34. The van der Waals surface area contributed by atoms with Crippen molar-refractivity contribution in [3.05, 3.63) is 33.8 Å². The van der Waals surface area contributed by atoms with E-state index in [9.17, 15) is 9.59 Å². The van der Waals surface area contributed by atoms with Crippen molar-refractivity contribution < 1.29 is 24.2 Å². The fourth-order valence-electron chi connectivity index (χ4n) is 2.19. The molecule has 2 N–H and O–H groups in total. The van der Waals surface area contributed by atoms with Crippen molar-refractivity contribution in [3.63, 3.8) is 0 Å². The molecule has 1 saturated heterocycles. The van der Waals surface area contributed by atoms with Gasteiger partial charge < -0.3 is 19.9 Å². The Bertz CT molecular complexity index is 581. The molecule has 1 aromatic carbocycles. The molecule has 0 radical (unpaired) electrons. The maximum Gasteiger partial charge on any atom is 0.332 e. The van der Waals surface area contributed by atoms with Crippen LogP contribution in [0.3, 0.4) is 0 Å². The second kappa shape index (κ2) is 8.49. The van der Waals surface area contributed by atoms with E-state index in [1.807, 2.05) is 0 Å². The van der Waals surface area contributed by atoms with Gasteiger partial charge in [0.05, 0.1) is 13.2 Å². The number of amides is 1. The molecule has 8 heteroatoms. The first-order valence-corrected chi connectivity index (χ1v) is 7.90. The zero-order valence-electron chi connectivity index (χ0n) is 12.3. The highest BCUT2D eigenvalue weighted by atomic mass is 35.5. The first-order valence-electron chi connectivity index (χ1n) is 7.15. The average Bonchev–Trinajstić information content (AvgIpc) is 2.99. The second-order valence-electron chi connectivity index (χ2n) is 5.11. The van der Waals surface area contributed by atoms with E-state index in [-0.39, 0.29) is 5.91 Å². The highest BCUT2D eigenvalue weighted by Gasteiger charge is 2.34. The van der Waals surface area contributed by atoms with E-state index >= 15 is 0 Å². The summed E-state index contributed by atoms with van der Waals surface area (Å²) in [5.41, 5.74) is 0.811. The molecule has 1 aliphatic rings. The lowest BCUT2D eigenvalue weighted by atomic mass is 10.2. The van der Waals surface area contributed by atoms with Gasteiger partial charge >= 0.3 is 5.97 Å². The van der Waals surface area contributed by atoms with Crippen molar-refractivity contribution >= 4 is 35.1 Å². The van der Waals surface area contributed by atoms with E-state index in [2.05, 4.69) is 5.32 Å². The Balaban J connectivity index is 1.64. The van der Waals surface area contributed by atoms with Gasteiger partial charge in [0, 0.05) is 16.6 Å². The first-order chi connectivity index (χ1) is 11.0. The van der Waals surface area contributed by atoms with E-state index in [1.54, 1.807) is 18.2 Å². The molecule has 0 saturated carbocycles. The molecule has 0 aromatic heterocycles. The normalized spacial score (nSPS) is 20.4. The maximum atomic E-state index is 11.8. The maximum absolute atomic E-state index is 11.8. The third-order valence-electron chi connectivity index (χ3n) is 3.41. The molecule has 0 bridgehead atoms. The molecule has 0 unspecified atom stereocenters. The Labute approximate surface area is 143 Å². The minimum absolute atomic E-state index is 0.305. The van der Waals surface area contributed by atoms with Crippen molar-refractivity contribution in [1.29, 1.82) is 0 Å². The number of benzene rings is 1. The lowest BCUT2D eigenvalue weighted by molar-refractivity contribution is -0.151. The highest BCUT2D eigenvalue weighted by molar-refractivity contribution is 6.35. The van der Waals surface area contributed by atoms with Crippen LogP contribution in [0, 0.1) is 0 Å². The minimum atomic E-state index is -1.04. The molecule has 23 heavy (non-hydrogen) atoms. The molecular formula is C15H17Cl2NO5. The van der Waals surface area contributed by atoms with E-state index < -0.39 is 18.2 Å². The van der Waals surface area contributed by atoms with E-state index in [4.69, 9.17) is 37.8 Å². The topological polar surface area (TPSA) is 84.9 Å². The fraction of sp³-hybridized carbons (Fsp3) is 0.467. The van der Waals surface area contributed by atoms with E-state index in [0.29, 0.717) is 42.6 Å². The monoisotopic (exact) mass is 361 g/mol. The Morgan fingerprint density at radius 3 is 2.70 bits per heavy atom. The van der Waals surface area contributed by atoms with Crippen LogP contribution in [0.4, 0.5) is 0 Å². The van der Waals surface area contributed by atoms with Gasteiger partial charge in [-0.2, -0.15) is 0 Å². The summed E-state index contributed by atoms with van der Waals surface area (Å²) in [6.45, 7) is 0.925. The van der Waals surface area contributed by atoms with Crippen LogP contribution in [0.25, 0.3) is 0 Å². The second-order valence-corrected chi connectivity index (χ2v) is 5.95. The summed E-state index contributed by atoms with van der Waals surface area (Å²) in [4.78, 5) is 22.6. The number of carboxylic acids is 1.